The van der Waals surface area contributed by atoms with Crippen LogP contribution in [0.4, 0.5) is 0 Å². The Morgan fingerprint density at radius 2 is 2.00 bits per heavy atom. The Morgan fingerprint density at radius 3 is 2.74 bits per heavy atom. The molecular weight excluding hydrogens is 346 g/mol. The zero-order valence-electron chi connectivity index (χ0n) is 15.4. The zero-order chi connectivity index (χ0) is 19.0. The number of fused-ring (bicyclic) bond motifs is 1. The maximum Gasteiger partial charge on any atom is 0.275 e. The van der Waals surface area contributed by atoms with Crippen molar-refractivity contribution in [2.45, 2.75) is 45.7 Å². The number of benzene rings is 1. The molecule has 140 valence electrons. The van der Waals surface area contributed by atoms with Gasteiger partial charge in [-0.05, 0) is 39.2 Å². The third kappa shape index (κ3) is 3.22. The molecule has 0 radical (unpaired) electrons. The van der Waals surface area contributed by atoms with Crippen molar-refractivity contribution in [1.82, 2.24) is 24.8 Å². The molecule has 0 saturated carbocycles. The van der Waals surface area contributed by atoms with Gasteiger partial charge in [0.05, 0.1) is 11.1 Å². The van der Waals surface area contributed by atoms with E-state index in [1.165, 1.54) is 4.68 Å². The van der Waals surface area contributed by atoms with Crippen LogP contribution >= 0.6 is 0 Å². The Morgan fingerprint density at radius 1 is 1.22 bits per heavy atom. The average Bonchev–Trinajstić information content (AvgIpc) is 3.12. The molecule has 1 unspecified atom stereocenters. The van der Waals surface area contributed by atoms with Crippen LogP contribution in [-0.2, 0) is 11.3 Å². The van der Waals surface area contributed by atoms with E-state index in [4.69, 9.17) is 4.52 Å². The van der Waals surface area contributed by atoms with Crippen molar-refractivity contribution in [2.24, 2.45) is 0 Å². The standard InChI is InChI=1S/C19H21N5O3/c1-12-14-7-3-4-8-15(14)19(26)24(21-12)11-17(25)23-10-6-5-9-16(23)18-20-13(2)22-27-18/h3-4,7-8,16H,5-6,9-11H2,1-2H3. The third-order valence-corrected chi connectivity index (χ3v) is 4.99. The van der Waals surface area contributed by atoms with Gasteiger partial charge in [-0.1, -0.05) is 23.4 Å². The molecule has 0 spiro atoms. The number of likely N-dealkylation sites (tertiary alicyclic amines) is 1. The number of piperidine rings is 1. The number of rotatable bonds is 3. The first-order chi connectivity index (χ1) is 13.0. The summed E-state index contributed by atoms with van der Waals surface area (Å²) in [6, 6.07) is 7.07. The Balaban J connectivity index is 1.64. The van der Waals surface area contributed by atoms with Gasteiger partial charge in [-0.15, -0.1) is 0 Å². The maximum atomic E-state index is 13.0. The van der Waals surface area contributed by atoms with Crippen LogP contribution in [0, 0.1) is 13.8 Å². The van der Waals surface area contributed by atoms with Gasteiger partial charge < -0.3 is 9.42 Å². The van der Waals surface area contributed by atoms with E-state index in [1.807, 2.05) is 25.1 Å². The van der Waals surface area contributed by atoms with Crippen LogP contribution < -0.4 is 5.56 Å². The fraction of sp³-hybridized carbons (Fsp3) is 0.421. The Hall–Kier alpha value is -3.03. The van der Waals surface area contributed by atoms with Crippen molar-refractivity contribution in [3.8, 4) is 0 Å². The van der Waals surface area contributed by atoms with Crippen LogP contribution in [0.25, 0.3) is 10.8 Å². The minimum atomic E-state index is -0.258. The number of carbonyl (C=O) groups excluding carboxylic acids is 1. The fourth-order valence-electron chi connectivity index (χ4n) is 3.67. The zero-order valence-corrected chi connectivity index (χ0v) is 15.4. The van der Waals surface area contributed by atoms with Crippen molar-refractivity contribution >= 4 is 16.7 Å². The quantitative estimate of drug-likeness (QED) is 0.704. The molecule has 1 saturated heterocycles. The van der Waals surface area contributed by atoms with Gasteiger partial charge in [0.2, 0.25) is 11.8 Å². The molecule has 1 atom stereocenters. The molecule has 8 heteroatoms. The van der Waals surface area contributed by atoms with Crippen LogP contribution in [0.2, 0.25) is 0 Å². The number of carbonyl (C=O) groups is 1. The molecule has 1 aliphatic rings. The van der Waals surface area contributed by atoms with Crippen molar-refractivity contribution < 1.29 is 9.32 Å². The van der Waals surface area contributed by atoms with Gasteiger partial charge in [0, 0.05) is 11.9 Å². The summed E-state index contributed by atoms with van der Waals surface area (Å²) in [5.74, 6) is 0.835. The second-order valence-electron chi connectivity index (χ2n) is 6.87. The van der Waals surface area contributed by atoms with E-state index in [-0.39, 0.29) is 24.1 Å². The van der Waals surface area contributed by atoms with E-state index in [0.717, 1.165) is 30.3 Å². The third-order valence-electron chi connectivity index (χ3n) is 4.99. The van der Waals surface area contributed by atoms with Gasteiger partial charge >= 0.3 is 0 Å². The lowest BCUT2D eigenvalue weighted by Crippen LogP contribution is -2.42. The number of aryl methyl sites for hydroxylation is 2. The number of aromatic nitrogens is 4. The molecule has 1 fully saturated rings. The van der Waals surface area contributed by atoms with E-state index in [1.54, 1.807) is 17.9 Å². The largest absolute Gasteiger partial charge is 0.337 e. The predicted molar refractivity (Wildman–Crippen MR) is 98.1 cm³/mol. The molecule has 3 heterocycles. The number of hydrogen-bond acceptors (Lipinski definition) is 6. The van der Waals surface area contributed by atoms with Crippen LogP contribution in [0.5, 0.6) is 0 Å². The summed E-state index contributed by atoms with van der Waals surface area (Å²) in [6.45, 7) is 4.09. The molecule has 0 aliphatic carbocycles. The van der Waals surface area contributed by atoms with E-state index in [0.29, 0.717) is 23.6 Å². The molecule has 1 amide bonds. The lowest BCUT2D eigenvalue weighted by Gasteiger charge is -2.33. The van der Waals surface area contributed by atoms with Gasteiger partial charge in [0.15, 0.2) is 5.82 Å². The molecule has 1 aromatic carbocycles. The lowest BCUT2D eigenvalue weighted by atomic mass is 10.0. The van der Waals surface area contributed by atoms with E-state index >= 15 is 0 Å². The summed E-state index contributed by atoms with van der Waals surface area (Å²) >= 11 is 0. The van der Waals surface area contributed by atoms with E-state index in [2.05, 4.69) is 15.2 Å². The fourth-order valence-corrected chi connectivity index (χ4v) is 3.67. The van der Waals surface area contributed by atoms with Crippen LogP contribution in [0.3, 0.4) is 0 Å². The highest BCUT2D eigenvalue weighted by Crippen LogP contribution is 2.30. The smallest absolute Gasteiger partial charge is 0.275 e. The number of hydrogen-bond donors (Lipinski definition) is 0. The van der Waals surface area contributed by atoms with E-state index < -0.39 is 0 Å². The molecular formula is C19H21N5O3. The van der Waals surface area contributed by atoms with Gasteiger partial charge in [-0.25, -0.2) is 4.68 Å². The summed E-state index contributed by atoms with van der Waals surface area (Å²) in [4.78, 5) is 31.8. The highest BCUT2D eigenvalue weighted by atomic mass is 16.5. The summed E-state index contributed by atoms with van der Waals surface area (Å²) in [5, 5.41) is 9.56. The number of nitrogens with zero attached hydrogens (tertiary/aromatic N) is 5. The van der Waals surface area contributed by atoms with Crippen molar-refractivity contribution in [1.29, 1.82) is 0 Å². The topological polar surface area (TPSA) is 94.1 Å². The molecule has 1 aliphatic heterocycles. The average molecular weight is 367 g/mol. The first-order valence-corrected chi connectivity index (χ1v) is 9.11. The second-order valence-corrected chi connectivity index (χ2v) is 6.87. The Kier molecular flexibility index (Phi) is 4.47. The van der Waals surface area contributed by atoms with Crippen LogP contribution in [0.1, 0.15) is 42.7 Å². The predicted octanol–water partition coefficient (Wildman–Crippen LogP) is 2.15. The van der Waals surface area contributed by atoms with Gasteiger partial charge in [0.25, 0.3) is 5.56 Å². The molecule has 3 aromatic rings. The normalized spacial score (nSPS) is 17.4. The molecule has 2 aromatic heterocycles. The van der Waals surface area contributed by atoms with Gasteiger partial charge in [0.1, 0.15) is 12.6 Å². The Bertz CT molecular complexity index is 1050. The first-order valence-electron chi connectivity index (χ1n) is 9.11. The molecule has 8 nitrogen and oxygen atoms in total. The maximum absolute atomic E-state index is 13.0. The van der Waals surface area contributed by atoms with Gasteiger partial charge in [-0.2, -0.15) is 10.1 Å². The molecule has 27 heavy (non-hydrogen) atoms. The monoisotopic (exact) mass is 367 g/mol. The highest BCUT2D eigenvalue weighted by Gasteiger charge is 2.32. The second kappa shape index (κ2) is 6.94. The highest BCUT2D eigenvalue weighted by molar-refractivity contribution is 5.83. The Labute approximate surface area is 155 Å². The van der Waals surface area contributed by atoms with Crippen LogP contribution in [-0.4, -0.2) is 37.3 Å². The van der Waals surface area contributed by atoms with Crippen molar-refractivity contribution in [3.63, 3.8) is 0 Å². The minimum absolute atomic E-state index is 0.103. The molecule has 4 rings (SSSR count). The first kappa shape index (κ1) is 17.4. The number of amides is 1. The minimum Gasteiger partial charge on any atom is -0.337 e. The lowest BCUT2D eigenvalue weighted by molar-refractivity contribution is -0.136. The van der Waals surface area contributed by atoms with E-state index in [9.17, 15) is 9.59 Å². The molecule has 0 N–H and O–H groups in total. The van der Waals surface area contributed by atoms with Gasteiger partial charge in [-0.3, -0.25) is 9.59 Å². The summed E-state index contributed by atoms with van der Waals surface area (Å²) in [7, 11) is 0. The molecule has 0 bridgehead atoms. The SMILES string of the molecule is Cc1noc(C2CCCCN2C(=O)Cn2nc(C)c3ccccc3c2=O)n1. The summed E-state index contributed by atoms with van der Waals surface area (Å²) < 4.78 is 6.55. The summed E-state index contributed by atoms with van der Waals surface area (Å²) in [6.07, 6.45) is 2.67. The van der Waals surface area contributed by atoms with Crippen molar-refractivity contribution in [3.05, 3.63) is 52.0 Å². The van der Waals surface area contributed by atoms with Crippen molar-refractivity contribution in [2.75, 3.05) is 6.54 Å². The van der Waals surface area contributed by atoms with Crippen LogP contribution in [0.15, 0.2) is 33.6 Å². The summed E-state index contributed by atoms with van der Waals surface area (Å²) in [5.41, 5.74) is 0.465.